The number of benzene rings is 3. The zero-order valence-electron chi connectivity index (χ0n) is 21.6. The average Bonchev–Trinajstić information content (AvgIpc) is 2.90. The summed E-state index contributed by atoms with van der Waals surface area (Å²) in [5.74, 6) is -0.212. The van der Waals surface area contributed by atoms with E-state index in [0.717, 1.165) is 26.2 Å². The lowest BCUT2D eigenvalue weighted by Gasteiger charge is -2.33. The Kier molecular flexibility index (Phi) is 10.3. The van der Waals surface area contributed by atoms with Crippen molar-refractivity contribution in [3.05, 3.63) is 94.5 Å². The number of anilines is 1. The van der Waals surface area contributed by atoms with Gasteiger partial charge in [-0.1, -0.05) is 58.4 Å². The molecule has 3 aromatic rings. The van der Waals surface area contributed by atoms with Gasteiger partial charge >= 0.3 is 0 Å². The summed E-state index contributed by atoms with van der Waals surface area (Å²) < 4.78 is 32.7. The van der Waals surface area contributed by atoms with Gasteiger partial charge in [0.1, 0.15) is 18.3 Å². The fraction of sp³-hybridized carbons (Fsp3) is 0.286. The largest absolute Gasteiger partial charge is 0.497 e. The first-order chi connectivity index (χ1) is 18.1. The van der Waals surface area contributed by atoms with Gasteiger partial charge in [-0.15, -0.1) is 0 Å². The molecular weight excluding hydrogens is 570 g/mol. The van der Waals surface area contributed by atoms with Crippen molar-refractivity contribution in [3.8, 4) is 5.75 Å². The molecule has 3 aromatic carbocycles. The van der Waals surface area contributed by atoms with Crippen LogP contribution in [0.3, 0.4) is 0 Å². The van der Waals surface area contributed by atoms with Gasteiger partial charge in [0.15, 0.2) is 0 Å². The number of nitrogens with one attached hydrogen (secondary N) is 1. The van der Waals surface area contributed by atoms with E-state index in [1.807, 2.05) is 43.3 Å². The molecular formula is C28H32BrN3O5S. The lowest BCUT2D eigenvalue weighted by atomic mass is 10.0. The van der Waals surface area contributed by atoms with Crippen molar-refractivity contribution in [2.75, 3.05) is 30.8 Å². The number of rotatable bonds is 12. The van der Waals surface area contributed by atoms with Crippen molar-refractivity contribution in [2.24, 2.45) is 0 Å². The fourth-order valence-electron chi connectivity index (χ4n) is 4.03. The van der Waals surface area contributed by atoms with Gasteiger partial charge in [-0.25, -0.2) is 8.42 Å². The average molecular weight is 603 g/mol. The van der Waals surface area contributed by atoms with E-state index in [1.54, 1.807) is 49.6 Å². The Labute approximate surface area is 232 Å². The second kappa shape index (κ2) is 13.4. The normalized spacial score (nSPS) is 11.9. The molecule has 0 heterocycles. The first kappa shape index (κ1) is 29.2. The van der Waals surface area contributed by atoms with Crippen molar-refractivity contribution < 1.29 is 22.7 Å². The lowest BCUT2D eigenvalue weighted by molar-refractivity contribution is -0.140. The van der Waals surface area contributed by atoms with Crippen LogP contribution in [0.1, 0.15) is 18.1 Å². The van der Waals surface area contributed by atoms with Crippen molar-refractivity contribution in [1.29, 1.82) is 0 Å². The van der Waals surface area contributed by atoms with Crippen LogP contribution in [0.25, 0.3) is 0 Å². The fourth-order valence-corrected chi connectivity index (χ4v) is 5.15. The van der Waals surface area contributed by atoms with Crippen molar-refractivity contribution >= 4 is 43.5 Å². The van der Waals surface area contributed by atoms with E-state index in [9.17, 15) is 18.0 Å². The zero-order chi connectivity index (χ0) is 27.7. The molecule has 0 saturated heterocycles. The highest BCUT2D eigenvalue weighted by Crippen LogP contribution is 2.23. The number of ether oxygens (including phenoxy) is 1. The van der Waals surface area contributed by atoms with Crippen LogP contribution in [-0.2, 0) is 32.6 Å². The minimum atomic E-state index is -3.81. The predicted molar refractivity (Wildman–Crippen MR) is 152 cm³/mol. The van der Waals surface area contributed by atoms with E-state index in [4.69, 9.17) is 4.74 Å². The Morgan fingerprint density at radius 2 is 1.63 bits per heavy atom. The summed E-state index contributed by atoms with van der Waals surface area (Å²) in [6, 6.07) is 22.4. The quantitative estimate of drug-likeness (QED) is 0.338. The maximum atomic E-state index is 13.9. The highest BCUT2D eigenvalue weighted by atomic mass is 79.9. The molecule has 0 aliphatic rings. The maximum absolute atomic E-state index is 13.9. The Bertz CT molecular complexity index is 1330. The summed E-state index contributed by atoms with van der Waals surface area (Å²) in [6.07, 6.45) is 1.32. The third-order valence-corrected chi connectivity index (χ3v) is 7.57. The summed E-state index contributed by atoms with van der Waals surface area (Å²) in [5, 5.41) is 2.84. The summed E-state index contributed by atoms with van der Waals surface area (Å²) in [4.78, 5) is 28.7. The van der Waals surface area contributed by atoms with Crippen LogP contribution in [0.15, 0.2) is 83.3 Å². The number of likely N-dealkylation sites (N-methyl/N-ethyl adjacent to an activating group) is 1. The van der Waals surface area contributed by atoms with E-state index >= 15 is 0 Å². The molecule has 8 nitrogen and oxygen atoms in total. The van der Waals surface area contributed by atoms with Gasteiger partial charge in [0.05, 0.1) is 19.1 Å². The van der Waals surface area contributed by atoms with Crippen LogP contribution in [0.5, 0.6) is 5.75 Å². The number of hydrogen-bond donors (Lipinski definition) is 1. The number of carbonyl (C=O) groups excluding carboxylic acids is 2. The van der Waals surface area contributed by atoms with Crippen molar-refractivity contribution in [2.45, 2.75) is 25.9 Å². The van der Waals surface area contributed by atoms with Gasteiger partial charge in [-0.2, -0.15) is 0 Å². The topological polar surface area (TPSA) is 96.0 Å². The van der Waals surface area contributed by atoms with Crippen LogP contribution in [-0.4, -0.2) is 57.6 Å². The molecule has 10 heteroatoms. The van der Waals surface area contributed by atoms with E-state index in [0.29, 0.717) is 18.0 Å². The zero-order valence-corrected chi connectivity index (χ0v) is 24.0. The molecule has 0 saturated carbocycles. The molecule has 3 rings (SSSR count). The molecule has 1 N–H and O–H groups in total. The molecule has 0 radical (unpaired) electrons. The molecule has 202 valence electrons. The highest BCUT2D eigenvalue weighted by molar-refractivity contribution is 9.10. The molecule has 38 heavy (non-hydrogen) atoms. The highest BCUT2D eigenvalue weighted by Gasteiger charge is 2.32. The first-order valence-electron chi connectivity index (χ1n) is 12.1. The second-order valence-corrected chi connectivity index (χ2v) is 11.5. The minimum absolute atomic E-state index is 0.0859. The number of halogens is 1. The Morgan fingerprint density at radius 3 is 2.24 bits per heavy atom. The number of carbonyl (C=O) groups is 2. The van der Waals surface area contributed by atoms with Gasteiger partial charge in [-0.3, -0.25) is 13.9 Å². The molecule has 0 fully saturated rings. The Hall–Kier alpha value is -3.37. The molecule has 1 atom stereocenters. The van der Waals surface area contributed by atoms with Crippen LogP contribution in [0, 0.1) is 0 Å². The predicted octanol–water partition coefficient (Wildman–Crippen LogP) is 4.00. The molecule has 0 unspecified atom stereocenters. The summed E-state index contributed by atoms with van der Waals surface area (Å²) >= 11 is 3.35. The van der Waals surface area contributed by atoms with Gasteiger partial charge in [0, 0.05) is 24.0 Å². The third kappa shape index (κ3) is 8.06. The van der Waals surface area contributed by atoms with Gasteiger partial charge < -0.3 is 15.0 Å². The number of methoxy groups -OCH3 is 1. The first-order valence-corrected chi connectivity index (χ1v) is 14.7. The number of hydrogen-bond acceptors (Lipinski definition) is 5. The SMILES string of the molecule is CCNC(=O)[C@H](Cc1ccccc1)N(Cc1cccc(OC)c1)C(=O)CN(c1ccc(Br)cc1)S(C)(=O)=O. The van der Waals surface area contributed by atoms with E-state index in [-0.39, 0.29) is 18.9 Å². The summed E-state index contributed by atoms with van der Waals surface area (Å²) in [7, 11) is -2.26. The standard InChI is InChI=1S/C28H32BrN3O5S/c1-4-30-28(34)26(18-21-9-6-5-7-10-21)31(19-22-11-8-12-25(17-22)37-2)27(33)20-32(38(3,35)36)24-15-13-23(29)14-16-24/h5-17,26H,4,18-20H2,1-3H3,(H,30,34)/t26-/m0/s1. The van der Waals surface area contributed by atoms with Crippen LogP contribution in [0.4, 0.5) is 5.69 Å². The molecule has 0 aliphatic carbocycles. The van der Waals surface area contributed by atoms with Crippen LogP contribution >= 0.6 is 15.9 Å². The smallest absolute Gasteiger partial charge is 0.244 e. The Balaban J connectivity index is 2.04. The summed E-state index contributed by atoms with van der Waals surface area (Å²) in [6.45, 7) is 1.82. The van der Waals surface area contributed by atoms with E-state index < -0.39 is 28.5 Å². The number of nitrogens with zero attached hydrogens (tertiary/aromatic N) is 2. The number of sulfonamides is 1. The number of amides is 2. The molecule has 0 aliphatic heterocycles. The maximum Gasteiger partial charge on any atom is 0.244 e. The lowest BCUT2D eigenvalue weighted by Crippen LogP contribution is -2.53. The van der Waals surface area contributed by atoms with Crippen molar-refractivity contribution in [1.82, 2.24) is 10.2 Å². The molecule has 0 spiro atoms. The van der Waals surface area contributed by atoms with E-state index in [2.05, 4.69) is 21.2 Å². The Morgan fingerprint density at radius 1 is 0.974 bits per heavy atom. The van der Waals surface area contributed by atoms with Crippen LogP contribution < -0.4 is 14.4 Å². The van der Waals surface area contributed by atoms with Gasteiger partial charge in [-0.05, 0) is 54.4 Å². The molecule has 0 bridgehead atoms. The van der Waals surface area contributed by atoms with Crippen molar-refractivity contribution in [3.63, 3.8) is 0 Å². The van der Waals surface area contributed by atoms with Gasteiger partial charge in [0.25, 0.3) is 0 Å². The summed E-state index contributed by atoms with van der Waals surface area (Å²) in [5.41, 5.74) is 1.97. The molecule has 2 amide bonds. The minimum Gasteiger partial charge on any atom is -0.497 e. The van der Waals surface area contributed by atoms with E-state index in [1.165, 1.54) is 4.90 Å². The van der Waals surface area contributed by atoms with Gasteiger partial charge in [0.2, 0.25) is 21.8 Å². The van der Waals surface area contributed by atoms with Crippen LogP contribution in [0.2, 0.25) is 0 Å². The second-order valence-electron chi connectivity index (χ2n) is 8.72. The molecule has 0 aromatic heterocycles. The third-order valence-electron chi connectivity index (χ3n) is 5.90. The monoisotopic (exact) mass is 601 g/mol.